The van der Waals surface area contributed by atoms with Gasteiger partial charge in [-0.1, -0.05) is 36.4 Å². The highest BCUT2D eigenvalue weighted by atomic mass is 19.1. The number of rotatable bonds is 6. The van der Waals surface area contributed by atoms with Crippen LogP contribution in [0.1, 0.15) is 11.1 Å². The number of nitrogens with one attached hydrogen (secondary N) is 1. The highest BCUT2D eigenvalue weighted by molar-refractivity contribution is 5.64. The fraction of sp³-hybridized carbons (Fsp3) is 0.143. The quantitative estimate of drug-likeness (QED) is 0.550. The number of hydrogen-bond donors (Lipinski definition) is 2. The minimum atomic E-state index is -0.217. The van der Waals surface area contributed by atoms with E-state index in [-0.39, 0.29) is 5.82 Å². The van der Waals surface area contributed by atoms with Gasteiger partial charge in [0, 0.05) is 18.7 Å². The van der Waals surface area contributed by atoms with E-state index in [9.17, 15) is 4.39 Å². The Kier molecular flexibility index (Phi) is 4.80. The maximum atomic E-state index is 13.0. The van der Waals surface area contributed by atoms with Gasteiger partial charge in [-0.3, -0.25) is 0 Å². The summed E-state index contributed by atoms with van der Waals surface area (Å²) in [5.74, 6) is 0.549. The number of nitrogens with two attached hydrogens (primary N) is 1. The molecule has 0 aliphatic rings. The molecule has 27 heavy (non-hydrogen) atoms. The third-order valence-corrected chi connectivity index (χ3v) is 4.48. The topological polar surface area (TPSA) is 68.2 Å². The van der Waals surface area contributed by atoms with Crippen LogP contribution in [0.15, 0.2) is 66.9 Å². The predicted octanol–water partition coefficient (Wildman–Crippen LogP) is 3.65. The van der Waals surface area contributed by atoms with E-state index in [0.29, 0.717) is 13.1 Å². The van der Waals surface area contributed by atoms with E-state index in [1.165, 1.54) is 12.1 Å². The second-order valence-electron chi connectivity index (χ2n) is 6.34. The minimum Gasteiger partial charge on any atom is -0.368 e. The molecule has 3 N–H and O–H groups in total. The molecule has 0 atom stereocenters. The van der Waals surface area contributed by atoms with E-state index >= 15 is 0 Å². The lowest BCUT2D eigenvalue weighted by Gasteiger charge is -2.08. The van der Waals surface area contributed by atoms with Gasteiger partial charge < -0.3 is 11.1 Å². The first-order valence-corrected chi connectivity index (χ1v) is 8.85. The number of halogens is 1. The molecule has 0 amide bonds. The number of benzene rings is 2. The lowest BCUT2D eigenvalue weighted by Crippen LogP contribution is -2.08. The van der Waals surface area contributed by atoms with Crippen LogP contribution >= 0.6 is 0 Å². The van der Waals surface area contributed by atoms with E-state index in [1.54, 1.807) is 12.1 Å². The van der Waals surface area contributed by atoms with Gasteiger partial charge in [-0.05, 0) is 41.8 Å². The molecule has 4 rings (SSSR count). The average molecular weight is 361 g/mol. The van der Waals surface area contributed by atoms with E-state index in [2.05, 4.69) is 15.4 Å². The minimum absolute atomic E-state index is 0.217. The molecule has 0 aliphatic carbocycles. The van der Waals surface area contributed by atoms with Crippen molar-refractivity contribution in [2.24, 2.45) is 5.73 Å². The fourth-order valence-electron chi connectivity index (χ4n) is 2.96. The van der Waals surface area contributed by atoms with Gasteiger partial charge in [-0.2, -0.15) is 0 Å². The Hall–Kier alpha value is -3.25. The molecule has 2 aromatic heterocycles. The van der Waals surface area contributed by atoms with Crippen molar-refractivity contribution in [1.29, 1.82) is 0 Å². The smallest absolute Gasteiger partial charge is 0.154 e. The normalized spacial score (nSPS) is 11.0. The van der Waals surface area contributed by atoms with Crippen molar-refractivity contribution in [3.63, 3.8) is 0 Å². The highest BCUT2D eigenvalue weighted by Crippen LogP contribution is 2.21. The molecule has 0 spiro atoms. The highest BCUT2D eigenvalue weighted by Gasteiger charge is 2.08. The first kappa shape index (κ1) is 17.2. The Morgan fingerprint density at radius 2 is 1.67 bits per heavy atom. The molecular formula is C21H20FN5. The van der Waals surface area contributed by atoms with E-state index < -0.39 is 0 Å². The summed E-state index contributed by atoms with van der Waals surface area (Å²) in [6.07, 6.45) is 2.61. The summed E-state index contributed by atoms with van der Waals surface area (Å²) in [7, 11) is 0. The SMILES string of the molecule is NCc1ccc(-c2cnc3ccc(NCCc4ccc(F)cc4)nn23)cc1. The maximum Gasteiger partial charge on any atom is 0.154 e. The van der Waals surface area contributed by atoms with Crippen LogP contribution in [0.2, 0.25) is 0 Å². The Balaban J connectivity index is 1.51. The number of imidazole rings is 1. The second-order valence-corrected chi connectivity index (χ2v) is 6.34. The summed E-state index contributed by atoms with van der Waals surface area (Å²) >= 11 is 0. The van der Waals surface area contributed by atoms with Crippen molar-refractivity contribution in [3.8, 4) is 11.3 Å². The van der Waals surface area contributed by atoms with E-state index in [0.717, 1.165) is 40.3 Å². The molecule has 0 saturated heterocycles. The summed E-state index contributed by atoms with van der Waals surface area (Å²) in [4.78, 5) is 4.43. The Labute approximate surface area is 156 Å². The molecule has 5 nitrogen and oxygen atoms in total. The Morgan fingerprint density at radius 1 is 0.926 bits per heavy atom. The maximum absolute atomic E-state index is 13.0. The summed E-state index contributed by atoms with van der Waals surface area (Å²) in [5.41, 5.74) is 10.6. The third kappa shape index (κ3) is 3.80. The molecule has 0 bridgehead atoms. The summed E-state index contributed by atoms with van der Waals surface area (Å²) < 4.78 is 14.8. The van der Waals surface area contributed by atoms with Crippen molar-refractivity contribution >= 4 is 11.5 Å². The van der Waals surface area contributed by atoms with Crippen LogP contribution in [0.3, 0.4) is 0 Å². The number of nitrogens with zero attached hydrogens (tertiary/aromatic N) is 3. The van der Waals surface area contributed by atoms with Crippen LogP contribution < -0.4 is 11.1 Å². The average Bonchev–Trinajstić information content (AvgIpc) is 3.13. The predicted molar refractivity (Wildman–Crippen MR) is 105 cm³/mol. The standard InChI is InChI=1S/C21H20FN5/c22-18-7-3-15(4-8-18)11-12-24-20-9-10-21-25-14-19(27(21)26-20)17-5-1-16(13-23)2-6-17/h1-10,14H,11-13,23H2,(H,24,26). The van der Waals surface area contributed by atoms with Gasteiger partial charge in [0.15, 0.2) is 5.65 Å². The molecule has 0 unspecified atom stereocenters. The Morgan fingerprint density at radius 3 is 2.41 bits per heavy atom. The number of fused-ring (bicyclic) bond motifs is 1. The molecule has 0 aliphatic heterocycles. The molecule has 4 aromatic rings. The summed E-state index contributed by atoms with van der Waals surface area (Å²) in [6, 6.07) is 18.5. The van der Waals surface area contributed by atoms with E-state index in [1.807, 2.05) is 47.1 Å². The summed E-state index contributed by atoms with van der Waals surface area (Å²) in [6.45, 7) is 1.23. The second kappa shape index (κ2) is 7.55. The molecule has 0 saturated carbocycles. The molecule has 136 valence electrons. The van der Waals surface area contributed by atoms with Crippen molar-refractivity contribution in [2.75, 3.05) is 11.9 Å². The van der Waals surface area contributed by atoms with Gasteiger partial charge in [0.05, 0.1) is 11.9 Å². The summed E-state index contributed by atoms with van der Waals surface area (Å²) in [5, 5.41) is 7.97. The van der Waals surface area contributed by atoms with Crippen LogP contribution in [0, 0.1) is 5.82 Å². The lowest BCUT2D eigenvalue weighted by molar-refractivity contribution is 0.627. The molecular weight excluding hydrogens is 341 g/mol. The monoisotopic (exact) mass is 361 g/mol. The van der Waals surface area contributed by atoms with Gasteiger partial charge in [0.25, 0.3) is 0 Å². The van der Waals surface area contributed by atoms with E-state index in [4.69, 9.17) is 5.73 Å². The zero-order valence-corrected chi connectivity index (χ0v) is 14.8. The number of anilines is 1. The van der Waals surface area contributed by atoms with Crippen molar-refractivity contribution in [3.05, 3.63) is 83.8 Å². The fourth-order valence-corrected chi connectivity index (χ4v) is 2.96. The van der Waals surface area contributed by atoms with Crippen LogP contribution in [0.25, 0.3) is 16.9 Å². The van der Waals surface area contributed by atoms with Crippen molar-refractivity contribution < 1.29 is 4.39 Å². The first-order valence-electron chi connectivity index (χ1n) is 8.85. The van der Waals surface area contributed by atoms with Crippen molar-refractivity contribution in [1.82, 2.24) is 14.6 Å². The van der Waals surface area contributed by atoms with Crippen LogP contribution in [0.5, 0.6) is 0 Å². The molecule has 0 radical (unpaired) electrons. The molecule has 2 heterocycles. The van der Waals surface area contributed by atoms with Crippen LogP contribution in [-0.2, 0) is 13.0 Å². The zero-order chi connectivity index (χ0) is 18.6. The van der Waals surface area contributed by atoms with Crippen LogP contribution in [-0.4, -0.2) is 21.1 Å². The number of hydrogen-bond acceptors (Lipinski definition) is 4. The van der Waals surface area contributed by atoms with Gasteiger partial charge in [-0.15, -0.1) is 5.10 Å². The van der Waals surface area contributed by atoms with Crippen LogP contribution in [0.4, 0.5) is 10.2 Å². The molecule has 6 heteroatoms. The largest absolute Gasteiger partial charge is 0.368 e. The first-order chi connectivity index (χ1) is 13.2. The molecule has 2 aromatic carbocycles. The van der Waals surface area contributed by atoms with Gasteiger partial charge in [-0.25, -0.2) is 13.9 Å². The molecule has 0 fully saturated rings. The Bertz CT molecular complexity index is 1040. The van der Waals surface area contributed by atoms with Gasteiger partial charge in [0.2, 0.25) is 0 Å². The van der Waals surface area contributed by atoms with Crippen molar-refractivity contribution in [2.45, 2.75) is 13.0 Å². The lowest BCUT2D eigenvalue weighted by atomic mass is 10.1. The van der Waals surface area contributed by atoms with Gasteiger partial charge >= 0.3 is 0 Å². The zero-order valence-electron chi connectivity index (χ0n) is 14.8. The van der Waals surface area contributed by atoms with Gasteiger partial charge in [0.1, 0.15) is 11.6 Å². The third-order valence-electron chi connectivity index (χ3n) is 4.48. The number of aromatic nitrogens is 3.